The van der Waals surface area contributed by atoms with Gasteiger partial charge in [-0.3, -0.25) is 19.7 Å². The Kier molecular flexibility index (Phi) is 7.50. The number of nitrogens with zero attached hydrogens (tertiary/aromatic N) is 1. The van der Waals surface area contributed by atoms with Gasteiger partial charge in [-0.25, -0.2) is 0 Å². The summed E-state index contributed by atoms with van der Waals surface area (Å²) in [4.78, 5) is 33.8. The van der Waals surface area contributed by atoms with E-state index in [0.29, 0.717) is 30.8 Å². The molecule has 0 spiro atoms. The monoisotopic (exact) mass is 384 g/mol. The standard InChI is InChI=1S/C20H24N4O4/c1-14(2)20(26)23-17-7-5-16(6-8-17)22-19(25)4-3-13-21-15-9-11-18(12-10-15)24(27)28/h5-12,14,21H,3-4,13H2,1-2H3,(H,22,25)(H,23,26). The highest BCUT2D eigenvalue weighted by atomic mass is 16.6. The van der Waals surface area contributed by atoms with E-state index in [-0.39, 0.29) is 23.4 Å². The van der Waals surface area contributed by atoms with E-state index in [1.807, 2.05) is 13.8 Å². The molecule has 0 aromatic heterocycles. The highest BCUT2D eigenvalue weighted by Gasteiger charge is 2.08. The van der Waals surface area contributed by atoms with Gasteiger partial charge in [0.05, 0.1) is 4.92 Å². The molecule has 8 nitrogen and oxygen atoms in total. The van der Waals surface area contributed by atoms with Gasteiger partial charge in [0, 0.05) is 48.1 Å². The van der Waals surface area contributed by atoms with Crippen molar-refractivity contribution in [1.82, 2.24) is 0 Å². The first-order valence-electron chi connectivity index (χ1n) is 9.04. The number of benzene rings is 2. The van der Waals surface area contributed by atoms with E-state index in [1.165, 1.54) is 12.1 Å². The van der Waals surface area contributed by atoms with E-state index < -0.39 is 4.92 Å². The van der Waals surface area contributed by atoms with Crippen LogP contribution in [0.2, 0.25) is 0 Å². The van der Waals surface area contributed by atoms with Gasteiger partial charge in [0.15, 0.2) is 0 Å². The van der Waals surface area contributed by atoms with E-state index >= 15 is 0 Å². The van der Waals surface area contributed by atoms with Gasteiger partial charge in [0.25, 0.3) is 5.69 Å². The molecule has 0 aliphatic rings. The molecule has 0 unspecified atom stereocenters. The smallest absolute Gasteiger partial charge is 0.269 e. The zero-order chi connectivity index (χ0) is 20.5. The van der Waals surface area contributed by atoms with Gasteiger partial charge < -0.3 is 16.0 Å². The van der Waals surface area contributed by atoms with Gasteiger partial charge in [-0.1, -0.05) is 13.8 Å². The Morgan fingerprint density at radius 2 is 1.46 bits per heavy atom. The molecule has 0 saturated heterocycles. The summed E-state index contributed by atoms with van der Waals surface area (Å²) in [7, 11) is 0. The molecule has 0 fully saturated rings. The largest absolute Gasteiger partial charge is 0.385 e. The van der Waals surface area contributed by atoms with Crippen LogP contribution in [0, 0.1) is 16.0 Å². The quantitative estimate of drug-likeness (QED) is 0.343. The van der Waals surface area contributed by atoms with Crippen molar-refractivity contribution >= 4 is 34.6 Å². The average molecular weight is 384 g/mol. The lowest BCUT2D eigenvalue weighted by atomic mass is 10.2. The molecule has 2 aromatic rings. The third-order valence-corrected chi connectivity index (χ3v) is 3.95. The van der Waals surface area contributed by atoms with E-state index in [4.69, 9.17) is 0 Å². The molecular weight excluding hydrogens is 360 g/mol. The molecule has 2 aromatic carbocycles. The van der Waals surface area contributed by atoms with E-state index in [9.17, 15) is 19.7 Å². The number of carbonyl (C=O) groups excluding carboxylic acids is 2. The first-order chi connectivity index (χ1) is 13.3. The van der Waals surface area contributed by atoms with E-state index in [1.54, 1.807) is 36.4 Å². The van der Waals surface area contributed by atoms with Crippen LogP contribution in [0.15, 0.2) is 48.5 Å². The molecule has 2 rings (SSSR count). The molecule has 0 aliphatic heterocycles. The predicted molar refractivity (Wildman–Crippen MR) is 109 cm³/mol. The van der Waals surface area contributed by atoms with Gasteiger partial charge in [-0.15, -0.1) is 0 Å². The van der Waals surface area contributed by atoms with Gasteiger partial charge in [-0.2, -0.15) is 0 Å². The summed E-state index contributed by atoms with van der Waals surface area (Å²) in [6.45, 7) is 4.21. The van der Waals surface area contributed by atoms with Crippen LogP contribution in [-0.2, 0) is 9.59 Å². The average Bonchev–Trinajstić information content (AvgIpc) is 2.67. The molecule has 3 N–H and O–H groups in total. The topological polar surface area (TPSA) is 113 Å². The molecule has 0 heterocycles. The Hall–Kier alpha value is -3.42. The zero-order valence-corrected chi connectivity index (χ0v) is 15.9. The summed E-state index contributed by atoms with van der Waals surface area (Å²) in [5.41, 5.74) is 2.16. The normalized spacial score (nSPS) is 10.4. The SMILES string of the molecule is CC(C)C(=O)Nc1ccc(NC(=O)CCCNc2ccc([N+](=O)[O-])cc2)cc1. The molecule has 0 saturated carbocycles. The zero-order valence-electron chi connectivity index (χ0n) is 15.9. The summed E-state index contributed by atoms with van der Waals surface area (Å²) >= 11 is 0. The molecule has 0 radical (unpaired) electrons. The second kappa shape index (κ2) is 10.1. The highest BCUT2D eigenvalue weighted by Crippen LogP contribution is 2.16. The van der Waals surface area contributed by atoms with Crippen LogP contribution < -0.4 is 16.0 Å². The van der Waals surface area contributed by atoms with Gasteiger partial charge in [-0.05, 0) is 42.8 Å². The first kappa shape index (κ1) is 20.9. The molecule has 0 atom stereocenters. The van der Waals surface area contributed by atoms with Crippen molar-refractivity contribution < 1.29 is 14.5 Å². The lowest BCUT2D eigenvalue weighted by Gasteiger charge is -2.10. The summed E-state index contributed by atoms with van der Waals surface area (Å²) in [6.07, 6.45) is 0.956. The van der Waals surface area contributed by atoms with Crippen LogP contribution in [0.25, 0.3) is 0 Å². The highest BCUT2D eigenvalue weighted by molar-refractivity contribution is 5.93. The number of non-ortho nitro benzene ring substituents is 1. The second-order valence-corrected chi connectivity index (χ2v) is 6.60. The van der Waals surface area contributed by atoms with Gasteiger partial charge >= 0.3 is 0 Å². The minimum atomic E-state index is -0.446. The molecule has 0 aliphatic carbocycles. The molecule has 0 bridgehead atoms. The molecule has 148 valence electrons. The number of nitrogens with one attached hydrogen (secondary N) is 3. The summed E-state index contributed by atoms with van der Waals surface area (Å²) < 4.78 is 0. The third-order valence-electron chi connectivity index (χ3n) is 3.95. The minimum absolute atomic E-state index is 0.0414. The second-order valence-electron chi connectivity index (χ2n) is 6.60. The number of carbonyl (C=O) groups is 2. The van der Waals surface area contributed by atoms with Crippen molar-refractivity contribution in [2.45, 2.75) is 26.7 Å². The molecule has 28 heavy (non-hydrogen) atoms. The minimum Gasteiger partial charge on any atom is -0.385 e. The molecule has 8 heteroatoms. The van der Waals surface area contributed by atoms with Crippen molar-refractivity contribution in [3.8, 4) is 0 Å². The Balaban J connectivity index is 1.70. The number of nitro benzene ring substituents is 1. The number of hydrogen-bond acceptors (Lipinski definition) is 5. The summed E-state index contributed by atoms with van der Waals surface area (Å²) in [5, 5.41) is 19.3. The summed E-state index contributed by atoms with van der Waals surface area (Å²) in [5.74, 6) is -0.263. The summed E-state index contributed by atoms with van der Waals surface area (Å²) in [6, 6.07) is 13.1. The van der Waals surface area contributed by atoms with Crippen molar-refractivity contribution in [2.75, 3.05) is 22.5 Å². The lowest BCUT2D eigenvalue weighted by Crippen LogP contribution is -2.17. The van der Waals surface area contributed by atoms with Crippen LogP contribution in [0.4, 0.5) is 22.7 Å². The van der Waals surface area contributed by atoms with Crippen molar-refractivity contribution in [3.05, 3.63) is 58.6 Å². The lowest BCUT2D eigenvalue weighted by molar-refractivity contribution is -0.384. The Morgan fingerprint density at radius 3 is 2.00 bits per heavy atom. The third kappa shape index (κ3) is 6.71. The number of anilines is 3. The first-order valence-corrected chi connectivity index (χ1v) is 9.04. The van der Waals surface area contributed by atoms with E-state index in [2.05, 4.69) is 16.0 Å². The number of amides is 2. The van der Waals surface area contributed by atoms with Crippen LogP contribution in [0.1, 0.15) is 26.7 Å². The Labute approximate surface area is 163 Å². The van der Waals surface area contributed by atoms with Crippen molar-refractivity contribution in [2.24, 2.45) is 5.92 Å². The van der Waals surface area contributed by atoms with Crippen LogP contribution >= 0.6 is 0 Å². The maximum Gasteiger partial charge on any atom is 0.269 e. The number of nitro groups is 1. The van der Waals surface area contributed by atoms with Crippen molar-refractivity contribution in [3.63, 3.8) is 0 Å². The predicted octanol–water partition coefficient (Wildman–Crippen LogP) is 4.02. The van der Waals surface area contributed by atoms with Crippen LogP contribution in [-0.4, -0.2) is 23.3 Å². The fraction of sp³-hybridized carbons (Fsp3) is 0.300. The van der Waals surface area contributed by atoms with Crippen molar-refractivity contribution in [1.29, 1.82) is 0 Å². The Bertz CT molecular complexity index is 817. The van der Waals surface area contributed by atoms with Gasteiger partial charge in [0.2, 0.25) is 11.8 Å². The van der Waals surface area contributed by atoms with Crippen LogP contribution in [0.3, 0.4) is 0 Å². The fourth-order valence-corrected chi connectivity index (χ4v) is 2.33. The maximum atomic E-state index is 12.0. The molecular formula is C20H24N4O4. The van der Waals surface area contributed by atoms with E-state index in [0.717, 1.165) is 5.69 Å². The Morgan fingerprint density at radius 1 is 0.929 bits per heavy atom. The number of rotatable bonds is 9. The fourth-order valence-electron chi connectivity index (χ4n) is 2.33. The van der Waals surface area contributed by atoms with Gasteiger partial charge in [0.1, 0.15) is 0 Å². The maximum absolute atomic E-state index is 12.0. The molecule has 2 amide bonds. The van der Waals surface area contributed by atoms with Crippen LogP contribution in [0.5, 0.6) is 0 Å². The number of hydrogen-bond donors (Lipinski definition) is 3.